The van der Waals surface area contributed by atoms with Crippen LogP contribution in [0.1, 0.15) is 23.2 Å². The van der Waals surface area contributed by atoms with Crippen molar-refractivity contribution < 1.29 is 9.72 Å². The van der Waals surface area contributed by atoms with Gasteiger partial charge in [0.1, 0.15) is 11.5 Å². The maximum absolute atomic E-state index is 12.8. The molecular formula is C19H21N5O3. The molecule has 4 rings (SSSR count). The molecule has 0 radical (unpaired) electrons. The second kappa shape index (κ2) is 7.22. The van der Waals surface area contributed by atoms with Crippen molar-refractivity contribution >= 4 is 23.1 Å². The molecule has 1 aliphatic heterocycles. The molecule has 2 aromatic rings. The molecule has 0 atom stereocenters. The topological polar surface area (TPSA) is 91.6 Å². The van der Waals surface area contributed by atoms with Crippen LogP contribution < -0.4 is 10.2 Å². The van der Waals surface area contributed by atoms with Gasteiger partial charge in [-0.3, -0.25) is 14.9 Å². The molecule has 1 saturated heterocycles. The quantitative estimate of drug-likeness (QED) is 0.645. The Morgan fingerprint density at radius 2 is 1.93 bits per heavy atom. The van der Waals surface area contributed by atoms with Gasteiger partial charge in [-0.05, 0) is 37.1 Å². The van der Waals surface area contributed by atoms with Gasteiger partial charge in [0, 0.05) is 50.0 Å². The number of benzene rings is 1. The molecule has 27 heavy (non-hydrogen) atoms. The number of amides is 1. The van der Waals surface area contributed by atoms with Crippen LogP contribution in [0.4, 0.5) is 17.2 Å². The smallest absolute Gasteiger partial charge is 0.293 e. The van der Waals surface area contributed by atoms with Gasteiger partial charge < -0.3 is 15.1 Å². The highest BCUT2D eigenvalue weighted by molar-refractivity contribution is 5.96. The third kappa shape index (κ3) is 3.84. The Bertz CT molecular complexity index is 846. The normalized spacial score (nSPS) is 16.9. The first-order valence-electron chi connectivity index (χ1n) is 9.12. The van der Waals surface area contributed by atoms with Gasteiger partial charge in [0.05, 0.1) is 4.92 Å². The lowest BCUT2D eigenvalue weighted by molar-refractivity contribution is -0.384. The number of pyridine rings is 1. The first-order chi connectivity index (χ1) is 13.1. The number of carbonyl (C=O) groups is 1. The van der Waals surface area contributed by atoms with E-state index in [2.05, 4.69) is 15.2 Å². The van der Waals surface area contributed by atoms with Crippen LogP contribution in [0, 0.1) is 10.1 Å². The van der Waals surface area contributed by atoms with Gasteiger partial charge >= 0.3 is 0 Å². The molecule has 1 aromatic heterocycles. The van der Waals surface area contributed by atoms with E-state index in [0.29, 0.717) is 43.5 Å². The van der Waals surface area contributed by atoms with Crippen molar-refractivity contribution in [2.75, 3.05) is 36.4 Å². The van der Waals surface area contributed by atoms with Crippen LogP contribution in [0.3, 0.4) is 0 Å². The van der Waals surface area contributed by atoms with E-state index in [1.54, 1.807) is 23.2 Å². The zero-order chi connectivity index (χ0) is 18.8. The predicted octanol–water partition coefficient (Wildman–Crippen LogP) is 2.53. The lowest BCUT2D eigenvalue weighted by Crippen LogP contribution is -2.49. The summed E-state index contributed by atoms with van der Waals surface area (Å²) in [6, 6.07) is 10.8. The molecule has 8 nitrogen and oxygen atoms in total. The summed E-state index contributed by atoms with van der Waals surface area (Å²) in [5, 5.41) is 14.6. The molecule has 2 heterocycles. The van der Waals surface area contributed by atoms with Crippen molar-refractivity contribution in [3.05, 3.63) is 58.3 Å². The summed E-state index contributed by atoms with van der Waals surface area (Å²) in [6.45, 7) is 2.49. The molecule has 8 heteroatoms. The standard InChI is InChI=1S/C19H21N5O3/c25-19(23-11-9-22(10-12-23)18-3-1-2-8-20-18)14-4-7-16(21-15-5-6-15)17(13-14)24(26)27/h1-4,7-8,13,15,21H,5-6,9-12H2. The van der Waals surface area contributed by atoms with Gasteiger partial charge in [0.15, 0.2) is 0 Å². The second-order valence-electron chi connectivity index (χ2n) is 6.87. The van der Waals surface area contributed by atoms with Gasteiger partial charge in [0.25, 0.3) is 11.6 Å². The molecule has 2 aliphatic rings. The van der Waals surface area contributed by atoms with Crippen molar-refractivity contribution in [1.82, 2.24) is 9.88 Å². The molecule has 1 N–H and O–H groups in total. The molecule has 0 bridgehead atoms. The summed E-state index contributed by atoms with van der Waals surface area (Å²) in [5.74, 6) is 0.729. The summed E-state index contributed by atoms with van der Waals surface area (Å²) < 4.78 is 0. The predicted molar refractivity (Wildman–Crippen MR) is 102 cm³/mol. The van der Waals surface area contributed by atoms with E-state index in [1.807, 2.05) is 18.2 Å². The van der Waals surface area contributed by atoms with Crippen molar-refractivity contribution in [1.29, 1.82) is 0 Å². The summed E-state index contributed by atoms with van der Waals surface area (Å²) in [7, 11) is 0. The number of piperazine rings is 1. The lowest BCUT2D eigenvalue weighted by atomic mass is 10.1. The second-order valence-corrected chi connectivity index (χ2v) is 6.87. The summed E-state index contributed by atoms with van der Waals surface area (Å²) in [4.78, 5) is 32.0. The Kier molecular flexibility index (Phi) is 4.62. The van der Waals surface area contributed by atoms with Gasteiger partial charge in [-0.25, -0.2) is 4.98 Å². The first kappa shape index (κ1) is 17.3. The van der Waals surface area contributed by atoms with Crippen LogP contribution in [0.25, 0.3) is 0 Å². The number of hydrogen-bond acceptors (Lipinski definition) is 6. The number of rotatable bonds is 5. The third-order valence-electron chi connectivity index (χ3n) is 4.92. The Hall–Kier alpha value is -3.16. The van der Waals surface area contributed by atoms with E-state index in [4.69, 9.17) is 0 Å². The van der Waals surface area contributed by atoms with Gasteiger partial charge in [-0.15, -0.1) is 0 Å². The highest BCUT2D eigenvalue weighted by Gasteiger charge is 2.27. The molecule has 1 aromatic carbocycles. The fourth-order valence-electron chi connectivity index (χ4n) is 3.25. The maximum atomic E-state index is 12.8. The van der Waals surface area contributed by atoms with E-state index in [-0.39, 0.29) is 11.6 Å². The highest BCUT2D eigenvalue weighted by atomic mass is 16.6. The molecule has 0 unspecified atom stereocenters. The minimum atomic E-state index is -0.430. The minimum Gasteiger partial charge on any atom is -0.377 e. The Labute approximate surface area is 157 Å². The molecule has 2 fully saturated rings. The van der Waals surface area contributed by atoms with E-state index >= 15 is 0 Å². The van der Waals surface area contributed by atoms with Gasteiger partial charge in [-0.1, -0.05) is 6.07 Å². The minimum absolute atomic E-state index is 0.0418. The van der Waals surface area contributed by atoms with Crippen LogP contribution in [0.15, 0.2) is 42.6 Å². The number of carbonyl (C=O) groups excluding carboxylic acids is 1. The van der Waals surface area contributed by atoms with E-state index in [0.717, 1.165) is 18.7 Å². The van der Waals surface area contributed by atoms with E-state index < -0.39 is 4.92 Å². The van der Waals surface area contributed by atoms with Crippen LogP contribution in [0.5, 0.6) is 0 Å². The van der Waals surface area contributed by atoms with Crippen molar-refractivity contribution in [3.8, 4) is 0 Å². The summed E-state index contributed by atoms with van der Waals surface area (Å²) >= 11 is 0. The molecule has 1 saturated carbocycles. The van der Waals surface area contributed by atoms with Gasteiger partial charge in [-0.2, -0.15) is 0 Å². The Morgan fingerprint density at radius 3 is 2.56 bits per heavy atom. The molecule has 1 amide bonds. The molecule has 0 spiro atoms. The summed E-state index contributed by atoms with van der Waals surface area (Å²) in [6.07, 6.45) is 3.81. The number of nitro groups is 1. The van der Waals surface area contributed by atoms with Crippen LogP contribution >= 0.6 is 0 Å². The highest BCUT2D eigenvalue weighted by Crippen LogP contribution is 2.32. The largest absolute Gasteiger partial charge is 0.377 e. The first-order valence-corrected chi connectivity index (χ1v) is 9.12. The number of aromatic nitrogens is 1. The number of nitro benzene ring substituents is 1. The van der Waals surface area contributed by atoms with Crippen LogP contribution in [-0.4, -0.2) is 52.9 Å². The number of nitrogens with zero attached hydrogens (tertiary/aromatic N) is 4. The third-order valence-corrected chi connectivity index (χ3v) is 4.92. The van der Waals surface area contributed by atoms with E-state index in [1.165, 1.54) is 6.07 Å². The van der Waals surface area contributed by atoms with E-state index in [9.17, 15) is 14.9 Å². The molecule has 140 valence electrons. The number of hydrogen-bond donors (Lipinski definition) is 1. The molecule has 1 aliphatic carbocycles. The van der Waals surface area contributed by atoms with Gasteiger partial charge in [0.2, 0.25) is 0 Å². The number of nitrogens with one attached hydrogen (secondary N) is 1. The molecular weight excluding hydrogens is 346 g/mol. The Morgan fingerprint density at radius 1 is 1.15 bits per heavy atom. The van der Waals surface area contributed by atoms with Crippen molar-refractivity contribution in [2.45, 2.75) is 18.9 Å². The maximum Gasteiger partial charge on any atom is 0.293 e. The SMILES string of the molecule is O=C(c1ccc(NC2CC2)c([N+](=O)[O-])c1)N1CCN(c2ccccn2)CC1. The Balaban J connectivity index is 1.45. The fourth-order valence-corrected chi connectivity index (χ4v) is 3.25. The average Bonchev–Trinajstić information content (AvgIpc) is 3.52. The number of anilines is 2. The lowest BCUT2D eigenvalue weighted by Gasteiger charge is -2.35. The van der Waals surface area contributed by atoms with Crippen LogP contribution in [-0.2, 0) is 0 Å². The zero-order valence-corrected chi connectivity index (χ0v) is 14.9. The summed E-state index contributed by atoms with van der Waals surface area (Å²) in [5.41, 5.74) is 0.799. The van der Waals surface area contributed by atoms with Crippen molar-refractivity contribution in [2.24, 2.45) is 0 Å². The zero-order valence-electron chi connectivity index (χ0n) is 14.9. The van der Waals surface area contributed by atoms with Crippen LogP contribution in [0.2, 0.25) is 0 Å². The fraction of sp³-hybridized carbons (Fsp3) is 0.368. The van der Waals surface area contributed by atoms with Crippen molar-refractivity contribution in [3.63, 3.8) is 0 Å². The monoisotopic (exact) mass is 367 g/mol. The average molecular weight is 367 g/mol.